The number of anilines is 2. The zero-order valence-corrected chi connectivity index (χ0v) is 13.7. The molecular formula is C18H22N4. The van der Waals surface area contributed by atoms with Gasteiger partial charge in [0.05, 0.1) is 22.1 Å². The van der Waals surface area contributed by atoms with Crippen molar-refractivity contribution in [1.82, 2.24) is 9.97 Å². The summed E-state index contributed by atoms with van der Waals surface area (Å²) in [5.41, 5.74) is 6.12. The van der Waals surface area contributed by atoms with Crippen molar-refractivity contribution in [1.29, 1.82) is 0 Å². The summed E-state index contributed by atoms with van der Waals surface area (Å²) < 4.78 is 0. The van der Waals surface area contributed by atoms with Crippen LogP contribution in [0.3, 0.4) is 0 Å². The minimum Gasteiger partial charge on any atom is -0.378 e. The minimum atomic E-state index is 0.939. The lowest BCUT2D eigenvalue weighted by Gasteiger charge is -2.21. The Balaban J connectivity index is 2.16. The highest BCUT2D eigenvalue weighted by molar-refractivity contribution is 5.89. The van der Waals surface area contributed by atoms with Gasteiger partial charge in [0.25, 0.3) is 0 Å². The van der Waals surface area contributed by atoms with Gasteiger partial charge in [-0.25, -0.2) is 9.97 Å². The van der Waals surface area contributed by atoms with E-state index in [0.29, 0.717) is 0 Å². The van der Waals surface area contributed by atoms with Gasteiger partial charge in [0, 0.05) is 38.6 Å². The number of aromatic nitrogens is 2. The molecule has 1 heterocycles. The van der Waals surface area contributed by atoms with Crippen molar-refractivity contribution in [2.24, 2.45) is 0 Å². The maximum atomic E-state index is 4.82. The van der Waals surface area contributed by atoms with Crippen LogP contribution in [0.25, 0.3) is 22.1 Å². The van der Waals surface area contributed by atoms with Crippen molar-refractivity contribution in [3.05, 3.63) is 36.4 Å². The molecule has 0 radical (unpaired) electrons. The molecule has 0 spiro atoms. The average Bonchev–Trinajstić information content (AvgIpc) is 2.53. The van der Waals surface area contributed by atoms with Gasteiger partial charge >= 0.3 is 0 Å². The fourth-order valence-corrected chi connectivity index (χ4v) is 2.71. The summed E-state index contributed by atoms with van der Waals surface area (Å²) in [6.07, 6.45) is 0. The molecule has 0 atom stereocenters. The van der Waals surface area contributed by atoms with Crippen molar-refractivity contribution in [2.45, 2.75) is 13.8 Å². The largest absolute Gasteiger partial charge is 0.378 e. The molecular weight excluding hydrogens is 272 g/mol. The van der Waals surface area contributed by atoms with E-state index >= 15 is 0 Å². The van der Waals surface area contributed by atoms with Crippen LogP contribution in [0, 0.1) is 0 Å². The van der Waals surface area contributed by atoms with Crippen LogP contribution in [0.5, 0.6) is 0 Å². The van der Waals surface area contributed by atoms with Crippen LogP contribution in [-0.4, -0.2) is 37.2 Å². The standard InChI is InChI=1S/C18H22N4/c1-5-22(6-2)14-8-10-16-18(12-14)20-17-11-13(21(3)4)7-9-15(17)19-16/h7-12H,5-6H2,1-4H3. The molecule has 114 valence electrons. The predicted molar refractivity (Wildman–Crippen MR) is 94.9 cm³/mol. The van der Waals surface area contributed by atoms with E-state index in [-0.39, 0.29) is 0 Å². The average molecular weight is 294 g/mol. The third-order valence-corrected chi connectivity index (χ3v) is 4.04. The van der Waals surface area contributed by atoms with Gasteiger partial charge in [-0.05, 0) is 50.2 Å². The Hall–Kier alpha value is -2.36. The van der Waals surface area contributed by atoms with Gasteiger partial charge in [-0.15, -0.1) is 0 Å². The topological polar surface area (TPSA) is 32.3 Å². The summed E-state index contributed by atoms with van der Waals surface area (Å²) >= 11 is 0. The molecule has 0 aliphatic carbocycles. The summed E-state index contributed by atoms with van der Waals surface area (Å²) in [6.45, 7) is 6.33. The van der Waals surface area contributed by atoms with Crippen molar-refractivity contribution in [3.8, 4) is 0 Å². The van der Waals surface area contributed by atoms with Crippen LogP contribution >= 0.6 is 0 Å². The Morgan fingerprint density at radius 3 is 1.77 bits per heavy atom. The summed E-state index contributed by atoms with van der Waals surface area (Å²) in [5, 5.41) is 0. The molecule has 3 aromatic rings. The van der Waals surface area contributed by atoms with Crippen LogP contribution in [0.4, 0.5) is 11.4 Å². The van der Waals surface area contributed by atoms with Gasteiger partial charge in [0.2, 0.25) is 0 Å². The number of benzene rings is 2. The number of rotatable bonds is 4. The third-order valence-electron chi connectivity index (χ3n) is 4.04. The Morgan fingerprint density at radius 2 is 1.23 bits per heavy atom. The van der Waals surface area contributed by atoms with E-state index in [0.717, 1.165) is 40.8 Å². The molecule has 0 saturated carbocycles. The third kappa shape index (κ3) is 2.56. The molecule has 22 heavy (non-hydrogen) atoms. The van der Waals surface area contributed by atoms with Gasteiger partial charge in [-0.1, -0.05) is 0 Å². The first-order chi connectivity index (χ1) is 10.6. The predicted octanol–water partition coefficient (Wildman–Crippen LogP) is 3.70. The number of nitrogens with zero attached hydrogens (tertiary/aromatic N) is 4. The SMILES string of the molecule is CCN(CC)c1ccc2nc3ccc(N(C)C)cc3nc2c1. The van der Waals surface area contributed by atoms with Crippen molar-refractivity contribution >= 4 is 33.4 Å². The van der Waals surface area contributed by atoms with E-state index in [1.165, 1.54) is 5.69 Å². The highest BCUT2D eigenvalue weighted by Crippen LogP contribution is 2.24. The molecule has 3 rings (SSSR count). The smallest absolute Gasteiger partial charge is 0.0915 e. The van der Waals surface area contributed by atoms with Crippen LogP contribution in [0.2, 0.25) is 0 Å². The molecule has 0 bridgehead atoms. The fourth-order valence-electron chi connectivity index (χ4n) is 2.71. The second-order valence-electron chi connectivity index (χ2n) is 5.64. The Labute approximate surface area is 131 Å². The quantitative estimate of drug-likeness (QED) is 0.687. The summed E-state index contributed by atoms with van der Waals surface area (Å²) in [7, 11) is 4.07. The number of hydrogen-bond donors (Lipinski definition) is 0. The van der Waals surface area contributed by atoms with Crippen LogP contribution in [0.15, 0.2) is 36.4 Å². The molecule has 4 heteroatoms. The first-order valence-corrected chi connectivity index (χ1v) is 7.76. The minimum absolute atomic E-state index is 0.939. The maximum absolute atomic E-state index is 4.82. The Kier molecular flexibility index (Phi) is 3.84. The molecule has 4 nitrogen and oxygen atoms in total. The van der Waals surface area contributed by atoms with E-state index in [1.807, 2.05) is 20.2 Å². The maximum Gasteiger partial charge on any atom is 0.0915 e. The van der Waals surface area contributed by atoms with E-state index in [4.69, 9.17) is 9.97 Å². The lowest BCUT2D eigenvalue weighted by molar-refractivity contribution is 0.867. The second-order valence-corrected chi connectivity index (χ2v) is 5.64. The van der Waals surface area contributed by atoms with Gasteiger partial charge in [-0.3, -0.25) is 0 Å². The highest BCUT2D eigenvalue weighted by Gasteiger charge is 2.07. The molecule has 0 fully saturated rings. The van der Waals surface area contributed by atoms with Gasteiger partial charge in [-0.2, -0.15) is 0 Å². The number of hydrogen-bond acceptors (Lipinski definition) is 4. The van der Waals surface area contributed by atoms with Crippen molar-refractivity contribution in [2.75, 3.05) is 37.0 Å². The monoisotopic (exact) mass is 294 g/mol. The molecule has 0 amide bonds. The highest BCUT2D eigenvalue weighted by atomic mass is 15.1. The molecule has 0 unspecified atom stereocenters. The normalized spacial score (nSPS) is 11.1. The first-order valence-electron chi connectivity index (χ1n) is 7.76. The van der Waals surface area contributed by atoms with Crippen LogP contribution in [0.1, 0.15) is 13.8 Å². The van der Waals surface area contributed by atoms with Gasteiger partial charge in [0.1, 0.15) is 0 Å². The molecule has 0 N–H and O–H groups in total. The van der Waals surface area contributed by atoms with Crippen LogP contribution in [-0.2, 0) is 0 Å². The van der Waals surface area contributed by atoms with E-state index in [9.17, 15) is 0 Å². The van der Waals surface area contributed by atoms with E-state index < -0.39 is 0 Å². The van der Waals surface area contributed by atoms with Gasteiger partial charge < -0.3 is 9.80 Å². The van der Waals surface area contributed by atoms with Crippen molar-refractivity contribution in [3.63, 3.8) is 0 Å². The lowest BCUT2D eigenvalue weighted by atomic mass is 10.2. The summed E-state index contributed by atoms with van der Waals surface area (Å²) in [6, 6.07) is 12.5. The fraction of sp³-hybridized carbons (Fsp3) is 0.333. The van der Waals surface area contributed by atoms with E-state index in [1.54, 1.807) is 0 Å². The number of fused-ring (bicyclic) bond motifs is 2. The Morgan fingerprint density at radius 1 is 0.727 bits per heavy atom. The van der Waals surface area contributed by atoms with E-state index in [2.05, 4.69) is 54.0 Å². The molecule has 0 aliphatic rings. The zero-order valence-electron chi connectivity index (χ0n) is 13.7. The Bertz CT molecular complexity index is 807. The van der Waals surface area contributed by atoms with Gasteiger partial charge in [0.15, 0.2) is 0 Å². The molecule has 1 aromatic heterocycles. The summed E-state index contributed by atoms with van der Waals surface area (Å²) in [5.74, 6) is 0. The zero-order chi connectivity index (χ0) is 15.7. The first kappa shape index (κ1) is 14.6. The van der Waals surface area contributed by atoms with Crippen LogP contribution < -0.4 is 9.80 Å². The molecule has 0 saturated heterocycles. The molecule has 0 aliphatic heterocycles. The second kappa shape index (κ2) is 5.79. The summed E-state index contributed by atoms with van der Waals surface area (Å²) in [4.78, 5) is 13.9. The molecule has 2 aromatic carbocycles. The lowest BCUT2D eigenvalue weighted by Crippen LogP contribution is -2.21. The van der Waals surface area contributed by atoms with Crippen molar-refractivity contribution < 1.29 is 0 Å².